The Labute approximate surface area is 99.4 Å². The highest BCUT2D eigenvalue weighted by Gasteiger charge is 2.31. The van der Waals surface area contributed by atoms with Gasteiger partial charge in [0, 0.05) is 12.1 Å². The van der Waals surface area contributed by atoms with Gasteiger partial charge in [-0.05, 0) is 30.7 Å². The van der Waals surface area contributed by atoms with Crippen LogP contribution in [0.1, 0.15) is 22.8 Å². The lowest BCUT2D eigenvalue weighted by atomic mass is 9.95. The second-order valence-corrected chi connectivity index (χ2v) is 4.42. The largest absolute Gasteiger partial charge is 0.469 e. The first-order valence-electron chi connectivity index (χ1n) is 5.68. The van der Waals surface area contributed by atoms with Gasteiger partial charge in [0.05, 0.1) is 12.2 Å². The molecule has 0 saturated heterocycles. The Bertz CT molecular complexity index is 558. The lowest BCUT2D eigenvalue weighted by Crippen LogP contribution is -2.13. The Morgan fingerprint density at radius 1 is 1.35 bits per heavy atom. The Morgan fingerprint density at radius 2 is 2.24 bits per heavy atom. The molecule has 1 aromatic heterocycles. The van der Waals surface area contributed by atoms with Crippen molar-refractivity contribution in [2.45, 2.75) is 19.3 Å². The topological polar surface area (TPSA) is 42.2 Å². The summed E-state index contributed by atoms with van der Waals surface area (Å²) in [7, 11) is 0. The maximum atomic E-state index is 11.9. The average molecular weight is 227 g/mol. The summed E-state index contributed by atoms with van der Waals surface area (Å²) in [5, 5.41) is 2.91. The number of anilines is 1. The van der Waals surface area contributed by atoms with Crippen molar-refractivity contribution in [2.75, 3.05) is 5.32 Å². The molecular formula is C14H13NO2. The number of nitrogens with one attached hydrogen (secondary N) is 1. The molecule has 2 aromatic rings. The molecule has 0 saturated carbocycles. The molecule has 1 aliphatic heterocycles. The van der Waals surface area contributed by atoms with Gasteiger partial charge in [0.2, 0.25) is 5.91 Å². The Hall–Kier alpha value is -2.03. The number of aryl methyl sites for hydroxylation is 1. The van der Waals surface area contributed by atoms with Gasteiger partial charge in [0.1, 0.15) is 5.76 Å². The number of furan rings is 1. The standard InChI is InChI=1S/C14H13NO2/c1-9-4-5-13-11(7-9)12(14(16)15-13)8-10-3-2-6-17-10/h2-7,12H,8H2,1H3,(H,15,16)/t12-/m1/s1. The predicted molar refractivity (Wildman–Crippen MR) is 65.0 cm³/mol. The van der Waals surface area contributed by atoms with Crippen molar-refractivity contribution in [3.8, 4) is 0 Å². The smallest absolute Gasteiger partial charge is 0.232 e. The zero-order chi connectivity index (χ0) is 11.8. The second kappa shape index (κ2) is 3.77. The number of rotatable bonds is 2. The van der Waals surface area contributed by atoms with Crippen molar-refractivity contribution in [3.63, 3.8) is 0 Å². The van der Waals surface area contributed by atoms with Gasteiger partial charge in [-0.3, -0.25) is 4.79 Å². The summed E-state index contributed by atoms with van der Waals surface area (Å²) < 4.78 is 5.31. The van der Waals surface area contributed by atoms with Crippen molar-refractivity contribution >= 4 is 11.6 Å². The molecule has 1 atom stereocenters. The van der Waals surface area contributed by atoms with E-state index in [1.807, 2.05) is 31.2 Å². The van der Waals surface area contributed by atoms with E-state index in [4.69, 9.17) is 4.42 Å². The minimum atomic E-state index is -0.129. The molecule has 17 heavy (non-hydrogen) atoms. The number of hydrogen-bond acceptors (Lipinski definition) is 2. The fourth-order valence-electron chi connectivity index (χ4n) is 2.28. The quantitative estimate of drug-likeness (QED) is 0.857. The highest BCUT2D eigenvalue weighted by molar-refractivity contribution is 6.03. The summed E-state index contributed by atoms with van der Waals surface area (Å²) >= 11 is 0. The van der Waals surface area contributed by atoms with Crippen LogP contribution in [0.3, 0.4) is 0 Å². The summed E-state index contributed by atoms with van der Waals surface area (Å²) in [6.07, 6.45) is 2.26. The number of fused-ring (bicyclic) bond motifs is 1. The minimum Gasteiger partial charge on any atom is -0.469 e. The van der Waals surface area contributed by atoms with E-state index in [0.29, 0.717) is 6.42 Å². The molecule has 86 valence electrons. The molecule has 0 radical (unpaired) electrons. The molecule has 0 fully saturated rings. The fraction of sp³-hybridized carbons (Fsp3) is 0.214. The van der Waals surface area contributed by atoms with Gasteiger partial charge in [-0.25, -0.2) is 0 Å². The van der Waals surface area contributed by atoms with Crippen LogP contribution in [-0.4, -0.2) is 5.91 Å². The average Bonchev–Trinajstić information content (AvgIpc) is 2.90. The van der Waals surface area contributed by atoms with E-state index in [2.05, 4.69) is 11.4 Å². The Balaban J connectivity index is 1.96. The van der Waals surface area contributed by atoms with Gasteiger partial charge in [-0.15, -0.1) is 0 Å². The van der Waals surface area contributed by atoms with Crippen molar-refractivity contribution in [3.05, 3.63) is 53.5 Å². The van der Waals surface area contributed by atoms with Crippen LogP contribution in [0.25, 0.3) is 0 Å². The van der Waals surface area contributed by atoms with Gasteiger partial charge < -0.3 is 9.73 Å². The summed E-state index contributed by atoms with van der Waals surface area (Å²) in [5.74, 6) is 0.776. The number of carbonyl (C=O) groups excluding carboxylic acids is 1. The van der Waals surface area contributed by atoms with Crippen LogP contribution < -0.4 is 5.32 Å². The van der Waals surface area contributed by atoms with Gasteiger partial charge in [-0.1, -0.05) is 17.7 Å². The number of hydrogen-bond donors (Lipinski definition) is 1. The highest BCUT2D eigenvalue weighted by atomic mass is 16.3. The van der Waals surface area contributed by atoms with Crippen LogP contribution in [0.4, 0.5) is 5.69 Å². The molecule has 0 aliphatic carbocycles. The molecule has 1 aliphatic rings. The maximum Gasteiger partial charge on any atom is 0.232 e. The molecule has 2 heterocycles. The highest BCUT2D eigenvalue weighted by Crippen LogP contribution is 2.35. The number of carbonyl (C=O) groups is 1. The van der Waals surface area contributed by atoms with Crippen LogP contribution in [-0.2, 0) is 11.2 Å². The molecule has 1 aromatic carbocycles. The van der Waals surface area contributed by atoms with Crippen molar-refractivity contribution in [1.82, 2.24) is 0 Å². The number of benzene rings is 1. The van der Waals surface area contributed by atoms with E-state index in [1.54, 1.807) is 6.26 Å². The van der Waals surface area contributed by atoms with Crippen LogP contribution >= 0.6 is 0 Å². The molecule has 1 N–H and O–H groups in total. The van der Waals surface area contributed by atoms with E-state index in [9.17, 15) is 4.79 Å². The third kappa shape index (κ3) is 1.73. The van der Waals surface area contributed by atoms with E-state index < -0.39 is 0 Å². The van der Waals surface area contributed by atoms with Crippen LogP contribution in [0, 0.1) is 6.92 Å². The summed E-state index contributed by atoms with van der Waals surface area (Å²) in [6.45, 7) is 2.03. The fourth-order valence-corrected chi connectivity index (χ4v) is 2.28. The SMILES string of the molecule is Cc1ccc2c(c1)[C@@H](Cc1ccco1)C(=O)N2. The van der Waals surface area contributed by atoms with Crippen molar-refractivity contribution < 1.29 is 9.21 Å². The first-order chi connectivity index (χ1) is 8.24. The summed E-state index contributed by atoms with van der Waals surface area (Å²) in [4.78, 5) is 11.9. The van der Waals surface area contributed by atoms with Crippen LogP contribution in [0.15, 0.2) is 41.0 Å². The third-order valence-corrected chi connectivity index (χ3v) is 3.14. The molecule has 3 heteroatoms. The first-order valence-corrected chi connectivity index (χ1v) is 5.68. The molecule has 0 unspecified atom stereocenters. The monoisotopic (exact) mass is 227 g/mol. The normalized spacial score (nSPS) is 17.9. The minimum absolute atomic E-state index is 0.0574. The molecule has 3 nitrogen and oxygen atoms in total. The Morgan fingerprint density at radius 3 is 3.00 bits per heavy atom. The lowest BCUT2D eigenvalue weighted by molar-refractivity contribution is -0.117. The second-order valence-electron chi connectivity index (χ2n) is 4.42. The van der Waals surface area contributed by atoms with E-state index in [1.165, 1.54) is 5.56 Å². The Kier molecular flexibility index (Phi) is 2.25. The zero-order valence-corrected chi connectivity index (χ0v) is 9.57. The zero-order valence-electron chi connectivity index (χ0n) is 9.57. The predicted octanol–water partition coefficient (Wildman–Crippen LogP) is 2.87. The third-order valence-electron chi connectivity index (χ3n) is 3.14. The summed E-state index contributed by atoms with van der Waals surface area (Å²) in [5.41, 5.74) is 3.17. The van der Waals surface area contributed by atoms with Gasteiger partial charge in [0.15, 0.2) is 0 Å². The van der Waals surface area contributed by atoms with Gasteiger partial charge >= 0.3 is 0 Å². The molecule has 3 rings (SSSR count). The molecular weight excluding hydrogens is 214 g/mol. The van der Waals surface area contributed by atoms with Crippen LogP contribution in [0.2, 0.25) is 0 Å². The first kappa shape index (κ1) is 10.1. The molecule has 0 bridgehead atoms. The number of amides is 1. The van der Waals surface area contributed by atoms with E-state index >= 15 is 0 Å². The lowest BCUT2D eigenvalue weighted by Gasteiger charge is -2.07. The van der Waals surface area contributed by atoms with Gasteiger partial charge in [-0.2, -0.15) is 0 Å². The van der Waals surface area contributed by atoms with E-state index in [0.717, 1.165) is 17.0 Å². The molecule has 0 spiro atoms. The summed E-state index contributed by atoms with van der Waals surface area (Å²) in [6, 6.07) is 9.79. The molecule has 1 amide bonds. The van der Waals surface area contributed by atoms with Crippen molar-refractivity contribution in [2.24, 2.45) is 0 Å². The maximum absolute atomic E-state index is 11.9. The van der Waals surface area contributed by atoms with Gasteiger partial charge in [0.25, 0.3) is 0 Å². The van der Waals surface area contributed by atoms with E-state index in [-0.39, 0.29) is 11.8 Å². The van der Waals surface area contributed by atoms with Crippen LogP contribution in [0.5, 0.6) is 0 Å². The van der Waals surface area contributed by atoms with Crippen molar-refractivity contribution in [1.29, 1.82) is 0 Å².